The summed E-state index contributed by atoms with van der Waals surface area (Å²) < 4.78 is 32.5. The van der Waals surface area contributed by atoms with Gasteiger partial charge in [-0.25, -0.2) is 8.42 Å². The third-order valence-electron chi connectivity index (χ3n) is 4.76. The molecule has 1 heterocycles. The van der Waals surface area contributed by atoms with Gasteiger partial charge in [-0.2, -0.15) is 0 Å². The van der Waals surface area contributed by atoms with Crippen LogP contribution < -0.4 is 14.9 Å². The number of anilines is 1. The maximum Gasteiger partial charge on any atom is 0.236 e. The number of methoxy groups -OCH3 is 1. The molecule has 2 N–H and O–H groups in total. The summed E-state index contributed by atoms with van der Waals surface area (Å²) in [6, 6.07) is 7.66. The molecular weight excluding hydrogens is 364 g/mol. The van der Waals surface area contributed by atoms with Crippen molar-refractivity contribution in [2.24, 2.45) is 10.4 Å². The molecule has 0 aliphatic carbocycles. The summed E-state index contributed by atoms with van der Waals surface area (Å²) in [5.41, 5.74) is 1.88. The smallest absolute Gasteiger partial charge is 0.236 e. The molecule has 152 valence electrons. The number of sulfonamides is 1. The summed E-state index contributed by atoms with van der Waals surface area (Å²) in [4.78, 5) is 4.16. The molecule has 1 aromatic carbocycles. The fourth-order valence-electron chi connectivity index (χ4n) is 3.16. The van der Waals surface area contributed by atoms with Crippen molar-refractivity contribution in [3.63, 3.8) is 0 Å². The van der Waals surface area contributed by atoms with Crippen LogP contribution in [0.2, 0.25) is 0 Å². The van der Waals surface area contributed by atoms with E-state index >= 15 is 0 Å². The van der Waals surface area contributed by atoms with E-state index in [1.54, 1.807) is 14.2 Å². The van der Waals surface area contributed by atoms with Gasteiger partial charge in [0.2, 0.25) is 10.0 Å². The molecule has 8 heteroatoms. The maximum absolute atomic E-state index is 12.7. The third kappa shape index (κ3) is 5.59. The number of hydrogen-bond donors (Lipinski definition) is 2. The lowest BCUT2D eigenvalue weighted by molar-refractivity contribution is 0.0205. The highest BCUT2D eigenvalue weighted by Gasteiger charge is 2.29. The SMILES string of the molecule is CN=C(NCCS(=O)(=O)N1CCc2ccccc21)NCC(OC)C(C)(C)C. The van der Waals surface area contributed by atoms with Crippen molar-refractivity contribution >= 4 is 21.7 Å². The lowest BCUT2D eigenvalue weighted by Crippen LogP contribution is -2.46. The Balaban J connectivity index is 1.87. The number of guanidine groups is 1. The molecule has 2 rings (SSSR count). The minimum absolute atomic E-state index is 0.00686. The van der Waals surface area contributed by atoms with Crippen LogP contribution in [0.15, 0.2) is 29.3 Å². The van der Waals surface area contributed by atoms with Crippen LogP contribution in [-0.4, -0.2) is 60.0 Å². The lowest BCUT2D eigenvalue weighted by Gasteiger charge is -2.30. The van der Waals surface area contributed by atoms with Gasteiger partial charge in [-0.1, -0.05) is 39.0 Å². The molecule has 1 aromatic rings. The van der Waals surface area contributed by atoms with E-state index < -0.39 is 10.0 Å². The van der Waals surface area contributed by atoms with E-state index in [-0.39, 0.29) is 23.8 Å². The molecule has 0 spiro atoms. The molecule has 27 heavy (non-hydrogen) atoms. The first-order chi connectivity index (χ1) is 12.7. The van der Waals surface area contributed by atoms with Crippen molar-refractivity contribution in [3.8, 4) is 0 Å². The number of rotatable bonds is 7. The topological polar surface area (TPSA) is 83.0 Å². The second-order valence-electron chi connectivity index (χ2n) is 7.74. The van der Waals surface area contributed by atoms with Crippen molar-refractivity contribution < 1.29 is 13.2 Å². The molecule has 1 atom stereocenters. The molecule has 1 aliphatic rings. The van der Waals surface area contributed by atoms with Crippen molar-refractivity contribution in [2.75, 3.05) is 43.8 Å². The highest BCUT2D eigenvalue weighted by molar-refractivity contribution is 7.92. The zero-order valence-electron chi connectivity index (χ0n) is 16.9. The van der Waals surface area contributed by atoms with Crippen LogP contribution in [0.25, 0.3) is 0 Å². The highest BCUT2D eigenvalue weighted by atomic mass is 32.2. The average Bonchev–Trinajstić information content (AvgIpc) is 3.04. The zero-order chi connectivity index (χ0) is 20.1. The first-order valence-electron chi connectivity index (χ1n) is 9.24. The summed E-state index contributed by atoms with van der Waals surface area (Å²) in [5, 5.41) is 6.29. The van der Waals surface area contributed by atoms with Crippen LogP contribution in [0, 0.1) is 5.41 Å². The van der Waals surface area contributed by atoms with Gasteiger partial charge >= 0.3 is 0 Å². The molecule has 0 aromatic heterocycles. The van der Waals surface area contributed by atoms with Crippen LogP contribution >= 0.6 is 0 Å². The second-order valence-corrected chi connectivity index (χ2v) is 9.75. The Morgan fingerprint density at radius 3 is 2.63 bits per heavy atom. The van der Waals surface area contributed by atoms with Gasteiger partial charge in [-0.15, -0.1) is 0 Å². The number of aliphatic imine (C=N–C) groups is 1. The molecule has 0 fully saturated rings. The quantitative estimate of drug-likeness (QED) is 0.540. The molecule has 0 amide bonds. The van der Waals surface area contributed by atoms with E-state index in [2.05, 4.69) is 36.4 Å². The minimum Gasteiger partial charge on any atom is -0.379 e. The predicted molar refractivity (Wildman–Crippen MR) is 111 cm³/mol. The van der Waals surface area contributed by atoms with Gasteiger partial charge in [0.15, 0.2) is 5.96 Å². The fraction of sp³-hybridized carbons (Fsp3) is 0.632. The Morgan fingerprint density at radius 1 is 1.30 bits per heavy atom. The van der Waals surface area contributed by atoms with Crippen LogP contribution in [-0.2, 0) is 21.2 Å². The molecule has 1 unspecified atom stereocenters. The van der Waals surface area contributed by atoms with Crippen molar-refractivity contribution in [1.29, 1.82) is 0 Å². The van der Waals surface area contributed by atoms with Crippen molar-refractivity contribution in [2.45, 2.75) is 33.3 Å². The van der Waals surface area contributed by atoms with Gasteiger partial charge in [0, 0.05) is 33.8 Å². The Morgan fingerprint density at radius 2 is 2.00 bits per heavy atom. The van der Waals surface area contributed by atoms with Gasteiger partial charge in [0.1, 0.15) is 0 Å². The molecule has 0 saturated heterocycles. The third-order valence-corrected chi connectivity index (χ3v) is 6.53. The number of nitrogens with one attached hydrogen (secondary N) is 2. The number of fused-ring (bicyclic) bond motifs is 1. The monoisotopic (exact) mass is 396 g/mol. The van der Waals surface area contributed by atoms with Crippen LogP contribution in [0.1, 0.15) is 26.3 Å². The minimum atomic E-state index is -3.37. The molecule has 0 saturated carbocycles. The first-order valence-corrected chi connectivity index (χ1v) is 10.9. The number of hydrogen-bond acceptors (Lipinski definition) is 4. The first kappa shape index (κ1) is 21.5. The van der Waals surface area contributed by atoms with Gasteiger partial charge in [0.25, 0.3) is 0 Å². The summed E-state index contributed by atoms with van der Waals surface area (Å²) in [7, 11) is -0.0182. The fourth-order valence-corrected chi connectivity index (χ4v) is 4.59. The van der Waals surface area contributed by atoms with E-state index in [0.717, 1.165) is 17.7 Å². The zero-order valence-corrected chi connectivity index (χ0v) is 17.8. The molecule has 0 bridgehead atoms. The lowest BCUT2D eigenvalue weighted by atomic mass is 9.89. The molecule has 7 nitrogen and oxygen atoms in total. The number of ether oxygens (including phenoxy) is 1. The number of nitrogens with zero attached hydrogens (tertiary/aromatic N) is 2. The number of benzene rings is 1. The largest absolute Gasteiger partial charge is 0.379 e. The normalized spacial score (nSPS) is 16.2. The molecule has 0 radical (unpaired) electrons. The van der Waals surface area contributed by atoms with Gasteiger partial charge in [-0.05, 0) is 23.5 Å². The molecule has 1 aliphatic heterocycles. The van der Waals surface area contributed by atoms with Gasteiger partial charge in [-0.3, -0.25) is 9.30 Å². The van der Waals surface area contributed by atoms with E-state index in [4.69, 9.17) is 4.74 Å². The summed E-state index contributed by atoms with van der Waals surface area (Å²) in [5.74, 6) is 0.577. The van der Waals surface area contributed by atoms with E-state index in [1.807, 2.05) is 24.3 Å². The standard InChI is InChI=1S/C19H32N4O3S/c1-19(2,3)17(26-5)14-22-18(20-4)21-11-13-27(24,25)23-12-10-15-8-6-7-9-16(15)23/h6-9,17H,10-14H2,1-5H3,(H2,20,21,22). The van der Waals surface area contributed by atoms with Crippen LogP contribution in [0.5, 0.6) is 0 Å². The van der Waals surface area contributed by atoms with E-state index in [0.29, 0.717) is 19.0 Å². The predicted octanol–water partition coefficient (Wildman–Crippen LogP) is 1.61. The van der Waals surface area contributed by atoms with Crippen molar-refractivity contribution in [3.05, 3.63) is 29.8 Å². The van der Waals surface area contributed by atoms with Crippen LogP contribution in [0.3, 0.4) is 0 Å². The Kier molecular flexibility index (Phi) is 7.11. The van der Waals surface area contributed by atoms with E-state index in [1.165, 1.54) is 4.31 Å². The second kappa shape index (κ2) is 8.93. The summed E-state index contributed by atoms with van der Waals surface area (Å²) >= 11 is 0. The highest BCUT2D eigenvalue weighted by Crippen LogP contribution is 2.29. The van der Waals surface area contributed by atoms with Crippen LogP contribution in [0.4, 0.5) is 5.69 Å². The summed E-state index contributed by atoms with van der Waals surface area (Å²) in [6.07, 6.45) is 0.776. The Bertz CT molecular complexity index is 756. The van der Waals surface area contributed by atoms with E-state index in [9.17, 15) is 8.42 Å². The molecular formula is C19H32N4O3S. The van der Waals surface area contributed by atoms with Gasteiger partial charge < -0.3 is 15.4 Å². The summed E-state index contributed by atoms with van der Waals surface area (Å²) in [6.45, 7) is 7.72. The Labute approximate surface area is 163 Å². The Hall–Kier alpha value is -1.80. The van der Waals surface area contributed by atoms with Crippen molar-refractivity contribution in [1.82, 2.24) is 10.6 Å². The number of para-hydroxylation sites is 1. The van der Waals surface area contributed by atoms with Gasteiger partial charge in [0.05, 0.1) is 17.5 Å². The average molecular weight is 397 g/mol. The maximum atomic E-state index is 12.7.